The fourth-order valence-corrected chi connectivity index (χ4v) is 0.623. The van der Waals surface area contributed by atoms with Crippen LogP contribution < -0.4 is 9.47 Å². The molecule has 1 heterocycles. The number of nitrogens with zero attached hydrogens (tertiary/aromatic N) is 2. The number of aromatic nitrogens is 2. The maximum absolute atomic E-state index is 12.9. The van der Waals surface area contributed by atoms with Crippen LogP contribution in [0.1, 0.15) is 0 Å². The molecule has 0 radical (unpaired) electrons. The molecule has 1 aromatic heterocycles. The van der Waals surface area contributed by atoms with Crippen LogP contribution in [0.3, 0.4) is 0 Å². The van der Waals surface area contributed by atoms with Crippen molar-refractivity contribution in [3.8, 4) is 11.8 Å². The van der Waals surface area contributed by atoms with Crippen LogP contribution in [0.4, 0.5) is 4.39 Å². The Morgan fingerprint density at radius 1 is 1.18 bits per heavy atom. The summed E-state index contributed by atoms with van der Waals surface area (Å²) in [6, 6.07) is 0. The number of halogens is 1. The van der Waals surface area contributed by atoms with Gasteiger partial charge < -0.3 is 9.47 Å². The lowest BCUT2D eigenvalue weighted by molar-refractivity contribution is 0.327. The largest absolute Gasteiger partial charge is 0.479 e. The summed E-state index contributed by atoms with van der Waals surface area (Å²) in [5.41, 5.74) is 0. The Morgan fingerprint density at radius 2 is 1.64 bits per heavy atom. The lowest BCUT2D eigenvalue weighted by Crippen LogP contribution is -1.97. The molecule has 1 aromatic rings. The molecule has 0 atom stereocenters. The zero-order valence-corrected chi connectivity index (χ0v) is 6.17. The summed E-state index contributed by atoms with van der Waals surface area (Å²) < 4.78 is 22.1. The highest BCUT2D eigenvalue weighted by molar-refractivity contribution is 5.21. The van der Waals surface area contributed by atoms with Crippen molar-refractivity contribution in [2.45, 2.75) is 0 Å². The maximum atomic E-state index is 12.9. The third-order valence-electron chi connectivity index (χ3n) is 1.11. The van der Waals surface area contributed by atoms with Crippen molar-refractivity contribution in [2.75, 3.05) is 14.2 Å². The van der Waals surface area contributed by atoms with Crippen LogP contribution in [0, 0.1) is 5.82 Å². The lowest BCUT2D eigenvalue weighted by Gasteiger charge is -2.02. The Kier molecular flexibility index (Phi) is 2.20. The van der Waals surface area contributed by atoms with Gasteiger partial charge in [-0.3, -0.25) is 0 Å². The maximum Gasteiger partial charge on any atom is 0.257 e. The number of ether oxygens (including phenoxy) is 2. The Bertz CT molecular complexity index is 232. The normalized spacial score (nSPS) is 9.36. The quantitative estimate of drug-likeness (QED) is 0.633. The van der Waals surface area contributed by atoms with E-state index in [-0.39, 0.29) is 11.8 Å². The van der Waals surface area contributed by atoms with E-state index in [1.807, 2.05) is 0 Å². The number of hydrogen-bond donors (Lipinski definition) is 0. The second-order valence-electron chi connectivity index (χ2n) is 1.71. The predicted octanol–water partition coefficient (Wildman–Crippen LogP) is 0.633. The van der Waals surface area contributed by atoms with E-state index < -0.39 is 5.82 Å². The Hall–Kier alpha value is -1.39. The van der Waals surface area contributed by atoms with Crippen molar-refractivity contribution in [1.82, 2.24) is 9.97 Å². The van der Waals surface area contributed by atoms with Gasteiger partial charge in [0.2, 0.25) is 5.82 Å². The molecule has 0 aliphatic carbocycles. The van der Waals surface area contributed by atoms with Crippen molar-refractivity contribution in [3.05, 3.63) is 12.1 Å². The highest BCUT2D eigenvalue weighted by Gasteiger charge is 2.10. The molecule has 0 aliphatic heterocycles. The summed E-state index contributed by atoms with van der Waals surface area (Å²) in [7, 11) is 2.65. The Balaban J connectivity index is 3.10. The van der Waals surface area contributed by atoms with Gasteiger partial charge in [0.15, 0.2) is 0 Å². The zero-order valence-electron chi connectivity index (χ0n) is 6.17. The van der Waals surface area contributed by atoms with Crippen molar-refractivity contribution in [3.63, 3.8) is 0 Å². The molecule has 0 bridgehead atoms. The third-order valence-corrected chi connectivity index (χ3v) is 1.11. The average Bonchev–Trinajstić information content (AvgIpc) is 2.05. The lowest BCUT2D eigenvalue weighted by atomic mass is 10.5. The minimum Gasteiger partial charge on any atom is -0.479 e. The standard InChI is InChI=1S/C6H7FN2O2/c1-10-5-4(7)6(11-2)9-3-8-5/h3H,1-2H3. The molecule has 0 fully saturated rings. The summed E-state index contributed by atoms with van der Waals surface area (Å²) in [5.74, 6) is -0.911. The smallest absolute Gasteiger partial charge is 0.257 e. The molecule has 5 heteroatoms. The van der Waals surface area contributed by atoms with Gasteiger partial charge >= 0.3 is 0 Å². The van der Waals surface area contributed by atoms with Crippen LogP contribution in [0.15, 0.2) is 6.33 Å². The molecule has 1 rings (SSSR count). The first kappa shape index (κ1) is 7.71. The van der Waals surface area contributed by atoms with Gasteiger partial charge in [0, 0.05) is 0 Å². The van der Waals surface area contributed by atoms with Crippen molar-refractivity contribution in [2.24, 2.45) is 0 Å². The van der Waals surface area contributed by atoms with Gasteiger partial charge in [0.05, 0.1) is 14.2 Å². The topological polar surface area (TPSA) is 44.2 Å². The Labute approximate surface area is 63.0 Å². The van der Waals surface area contributed by atoms with Crippen molar-refractivity contribution < 1.29 is 13.9 Å². The van der Waals surface area contributed by atoms with E-state index in [0.717, 1.165) is 0 Å². The number of methoxy groups -OCH3 is 2. The zero-order chi connectivity index (χ0) is 8.27. The van der Waals surface area contributed by atoms with Gasteiger partial charge in [0.1, 0.15) is 6.33 Å². The van der Waals surface area contributed by atoms with E-state index in [9.17, 15) is 4.39 Å². The van der Waals surface area contributed by atoms with Crippen LogP contribution in [0.2, 0.25) is 0 Å². The van der Waals surface area contributed by atoms with E-state index >= 15 is 0 Å². The highest BCUT2D eigenvalue weighted by Crippen LogP contribution is 2.19. The summed E-state index contributed by atoms with van der Waals surface area (Å²) in [5, 5.41) is 0. The molecule has 0 amide bonds. The van der Waals surface area contributed by atoms with E-state index in [1.54, 1.807) is 0 Å². The van der Waals surface area contributed by atoms with Crippen LogP contribution in [-0.4, -0.2) is 24.2 Å². The fourth-order valence-electron chi connectivity index (χ4n) is 0.623. The monoisotopic (exact) mass is 158 g/mol. The van der Waals surface area contributed by atoms with Gasteiger partial charge in [-0.15, -0.1) is 0 Å². The molecule has 0 spiro atoms. The number of rotatable bonds is 2. The summed E-state index contributed by atoms with van der Waals surface area (Å²) in [6.45, 7) is 0. The molecule has 0 aromatic carbocycles. The van der Waals surface area contributed by atoms with Crippen molar-refractivity contribution >= 4 is 0 Å². The molecule has 0 aliphatic rings. The number of hydrogen-bond acceptors (Lipinski definition) is 4. The second kappa shape index (κ2) is 3.14. The molecule has 0 saturated carbocycles. The minimum atomic E-state index is -0.683. The average molecular weight is 158 g/mol. The SMILES string of the molecule is COc1ncnc(OC)c1F. The van der Waals surface area contributed by atoms with E-state index in [4.69, 9.17) is 0 Å². The molecule has 0 N–H and O–H groups in total. The predicted molar refractivity (Wildman–Crippen MR) is 35.1 cm³/mol. The molecule has 4 nitrogen and oxygen atoms in total. The van der Waals surface area contributed by atoms with Gasteiger partial charge in [0.25, 0.3) is 11.8 Å². The summed E-state index contributed by atoms with van der Waals surface area (Å²) in [6.07, 6.45) is 1.17. The van der Waals surface area contributed by atoms with Crippen molar-refractivity contribution in [1.29, 1.82) is 0 Å². The molecule has 0 unspecified atom stereocenters. The highest BCUT2D eigenvalue weighted by atomic mass is 19.1. The molecule has 0 saturated heterocycles. The van der Waals surface area contributed by atoms with Crippen LogP contribution in [0.25, 0.3) is 0 Å². The van der Waals surface area contributed by atoms with Gasteiger partial charge in [-0.25, -0.2) is 0 Å². The molecular weight excluding hydrogens is 151 g/mol. The second-order valence-corrected chi connectivity index (χ2v) is 1.71. The van der Waals surface area contributed by atoms with Gasteiger partial charge in [-0.2, -0.15) is 14.4 Å². The van der Waals surface area contributed by atoms with Gasteiger partial charge in [-0.1, -0.05) is 0 Å². The van der Waals surface area contributed by atoms with E-state index in [0.29, 0.717) is 0 Å². The Morgan fingerprint density at radius 3 is 2.00 bits per heavy atom. The first-order valence-corrected chi connectivity index (χ1v) is 2.88. The van der Waals surface area contributed by atoms with E-state index in [2.05, 4.69) is 19.4 Å². The fraction of sp³-hybridized carbons (Fsp3) is 0.333. The minimum absolute atomic E-state index is 0.114. The first-order chi connectivity index (χ1) is 5.29. The van der Waals surface area contributed by atoms with Crippen LogP contribution in [0.5, 0.6) is 11.8 Å². The van der Waals surface area contributed by atoms with Crippen LogP contribution >= 0.6 is 0 Å². The first-order valence-electron chi connectivity index (χ1n) is 2.88. The van der Waals surface area contributed by atoms with Crippen LogP contribution in [-0.2, 0) is 0 Å². The molecular formula is C6H7FN2O2. The summed E-state index contributed by atoms with van der Waals surface area (Å²) in [4.78, 5) is 7.03. The molecule has 60 valence electrons. The molecule has 11 heavy (non-hydrogen) atoms. The third kappa shape index (κ3) is 1.36. The summed E-state index contributed by atoms with van der Waals surface area (Å²) >= 11 is 0. The van der Waals surface area contributed by atoms with Gasteiger partial charge in [-0.05, 0) is 0 Å². The van der Waals surface area contributed by atoms with E-state index in [1.165, 1.54) is 20.5 Å².